The summed E-state index contributed by atoms with van der Waals surface area (Å²) in [6.45, 7) is 1.74. The predicted molar refractivity (Wildman–Crippen MR) is 67.8 cm³/mol. The van der Waals surface area contributed by atoms with Crippen LogP contribution in [0.15, 0.2) is 30.7 Å². The van der Waals surface area contributed by atoms with Gasteiger partial charge in [0.2, 0.25) is 0 Å². The van der Waals surface area contributed by atoms with Crippen molar-refractivity contribution in [3.8, 4) is 5.75 Å². The summed E-state index contributed by atoms with van der Waals surface area (Å²) >= 11 is 6.01. The third kappa shape index (κ3) is 2.57. The van der Waals surface area contributed by atoms with E-state index in [1.807, 2.05) is 0 Å². The standard InChI is InChI=1S/C12H10ClN3O2/c1-7-11(13)10(2-3-15-7)16-12(18)8-4-9(17)6-14-5-8/h2-6,17H,1H3,(H,15,16,18). The van der Waals surface area contributed by atoms with E-state index < -0.39 is 5.91 Å². The minimum Gasteiger partial charge on any atom is -0.506 e. The maximum Gasteiger partial charge on any atom is 0.257 e. The lowest BCUT2D eigenvalue weighted by molar-refractivity contribution is 0.102. The summed E-state index contributed by atoms with van der Waals surface area (Å²) in [4.78, 5) is 19.6. The summed E-state index contributed by atoms with van der Waals surface area (Å²) < 4.78 is 0. The topological polar surface area (TPSA) is 75.1 Å². The molecule has 1 amide bonds. The number of carbonyl (C=O) groups is 1. The van der Waals surface area contributed by atoms with Crippen LogP contribution in [0.4, 0.5) is 5.69 Å². The Bertz CT molecular complexity index is 602. The highest BCUT2D eigenvalue weighted by Crippen LogP contribution is 2.24. The molecule has 0 aliphatic carbocycles. The Balaban J connectivity index is 2.24. The number of hydrogen-bond donors (Lipinski definition) is 2. The van der Waals surface area contributed by atoms with Gasteiger partial charge in [0.1, 0.15) is 5.75 Å². The van der Waals surface area contributed by atoms with Crippen LogP contribution in [0.5, 0.6) is 5.75 Å². The molecule has 2 aromatic rings. The van der Waals surface area contributed by atoms with Crippen LogP contribution in [0.25, 0.3) is 0 Å². The average Bonchev–Trinajstić information content (AvgIpc) is 2.35. The molecule has 18 heavy (non-hydrogen) atoms. The molecule has 0 spiro atoms. The maximum atomic E-state index is 11.9. The van der Waals surface area contributed by atoms with Gasteiger partial charge in [-0.2, -0.15) is 0 Å². The molecule has 0 aliphatic heterocycles. The number of pyridine rings is 2. The second-order valence-corrected chi connectivity index (χ2v) is 4.02. The zero-order valence-corrected chi connectivity index (χ0v) is 10.3. The van der Waals surface area contributed by atoms with Gasteiger partial charge >= 0.3 is 0 Å². The van der Waals surface area contributed by atoms with Crippen LogP contribution in [0.1, 0.15) is 16.1 Å². The van der Waals surface area contributed by atoms with Gasteiger partial charge in [-0.25, -0.2) is 0 Å². The second-order valence-electron chi connectivity index (χ2n) is 3.64. The van der Waals surface area contributed by atoms with E-state index in [0.29, 0.717) is 16.4 Å². The highest BCUT2D eigenvalue weighted by atomic mass is 35.5. The second kappa shape index (κ2) is 5.01. The van der Waals surface area contributed by atoms with Crippen LogP contribution < -0.4 is 5.32 Å². The van der Waals surface area contributed by atoms with Crippen molar-refractivity contribution in [1.82, 2.24) is 9.97 Å². The number of halogens is 1. The van der Waals surface area contributed by atoms with E-state index >= 15 is 0 Å². The number of carbonyl (C=O) groups excluding carboxylic acids is 1. The highest BCUT2D eigenvalue weighted by molar-refractivity contribution is 6.34. The first-order valence-electron chi connectivity index (χ1n) is 5.14. The summed E-state index contributed by atoms with van der Waals surface area (Å²) in [5.41, 5.74) is 1.35. The van der Waals surface area contributed by atoms with E-state index in [2.05, 4.69) is 15.3 Å². The molecular weight excluding hydrogens is 254 g/mol. The molecule has 0 saturated carbocycles. The molecule has 0 unspecified atom stereocenters. The van der Waals surface area contributed by atoms with Crippen LogP contribution in [-0.2, 0) is 0 Å². The SMILES string of the molecule is Cc1nccc(NC(=O)c2cncc(O)c2)c1Cl. The molecule has 2 rings (SSSR count). The number of amides is 1. The van der Waals surface area contributed by atoms with Crippen molar-refractivity contribution in [3.05, 3.63) is 47.0 Å². The van der Waals surface area contributed by atoms with Gasteiger partial charge in [0.25, 0.3) is 5.91 Å². The molecule has 0 atom stereocenters. The van der Waals surface area contributed by atoms with Gasteiger partial charge in [0.05, 0.1) is 28.2 Å². The molecule has 0 aromatic carbocycles. The average molecular weight is 264 g/mol. The van der Waals surface area contributed by atoms with E-state index in [0.717, 1.165) is 0 Å². The van der Waals surface area contributed by atoms with Crippen LogP contribution in [0, 0.1) is 6.92 Å². The zero-order chi connectivity index (χ0) is 13.1. The summed E-state index contributed by atoms with van der Waals surface area (Å²) in [6, 6.07) is 2.92. The van der Waals surface area contributed by atoms with Crippen molar-refractivity contribution >= 4 is 23.2 Å². The van der Waals surface area contributed by atoms with Gasteiger partial charge in [-0.05, 0) is 19.1 Å². The number of aromatic nitrogens is 2. The number of aromatic hydroxyl groups is 1. The van der Waals surface area contributed by atoms with E-state index in [1.54, 1.807) is 19.2 Å². The van der Waals surface area contributed by atoms with Gasteiger partial charge in [0.15, 0.2) is 0 Å². The van der Waals surface area contributed by atoms with Gasteiger partial charge in [-0.15, -0.1) is 0 Å². The third-order valence-electron chi connectivity index (χ3n) is 2.30. The number of nitrogens with zero attached hydrogens (tertiary/aromatic N) is 2. The van der Waals surface area contributed by atoms with Crippen molar-refractivity contribution in [1.29, 1.82) is 0 Å². The molecule has 2 aromatic heterocycles. The summed E-state index contributed by atoms with van der Waals surface area (Å²) in [6.07, 6.45) is 4.16. The lowest BCUT2D eigenvalue weighted by Gasteiger charge is -2.08. The monoisotopic (exact) mass is 263 g/mol. The van der Waals surface area contributed by atoms with E-state index in [4.69, 9.17) is 11.6 Å². The molecule has 6 heteroatoms. The van der Waals surface area contributed by atoms with Crippen molar-refractivity contribution < 1.29 is 9.90 Å². The largest absolute Gasteiger partial charge is 0.506 e. The Morgan fingerprint density at radius 3 is 2.94 bits per heavy atom. The molecule has 0 fully saturated rings. The highest BCUT2D eigenvalue weighted by Gasteiger charge is 2.10. The van der Waals surface area contributed by atoms with E-state index in [-0.39, 0.29) is 11.3 Å². The molecule has 2 N–H and O–H groups in total. The molecule has 0 aliphatic rings. The maximum absolute atomic E-state index is 11.9. The lowest BCUT2D eigenvalue weighted by Crippen LogP contribution is -2.12. The zero-order valence-electron chi connectivity index (χ0n) is 9.51. The first-order valence-corrected chi connectivity index (χ1v) is 5.52. The Labute approximate surface area is 108 Å². The fourth-order valence-corrected chi connectivity index (χ4v) is 1.55. The van der Waals surface area contributed by atoms with Crippen molar-refractivity contribution in [2.45, 2.75) is 6.92 Å². The molecule has 5 nitrogen and oxygen atoms in total. The number of hydrogen-bond acceptors (Lipinski definition) is 4. The number of aryl methyl sites for hydroxylation is 1. The smallest absolute Gasteiger partial charge is 0.257 e. The van der Waals surface area contributed by atoms with Crippen molar-refractivity contribution in [2.75, 3.05) is 5.32 Å². The lowest BCUT2D eigenvalue weighted by atomic mass is 10.2. The number of rotatable bonds is 2. The Morgan fingerprint density at radius 1 is 1.44 bits per heavy atom. The molecule has 0 radical (unpaired) electrons. The minimum absolute atomic E-state index is 0.0698. The summed E-state index contributed by atoms with van der Waals surface area (Å²) in [7, 11) is 0. The third-order valence-corrected chi connectivity index (χ3v) is 2.77. The normalized spacial score (nSPS) is 10.1. The van der Waals surface area contributed by atoms with Crippen LogP contribution >= 0.6 is 11.6 Å². The summed E-state index contributed by atoms with van der Waals surface area (Å²) in [5.74, 6) is -0.467. The molecule has 0 bridgehead atoms. The summed E-state index contributed by atoms with van der Waals surface area (Å²) in [5, 5.41) is 12.3. The van der Waals surface area contributed by atoms with Crippen LogP contribution in [0.3, 0.4) is 0 Å². The van der Waals surface area contributed by atoms with Gasteiger partial charge < -0.3 is 10.4 Å². The van der Waals surface area contributed by atoms with Crippen molar-refractivity contribution in [3.63, 3.8) is 0 Å². The quantitative estimate of drug-likeness (QED) is 0.872. The van der Waals surface area contributed by atoms with Crippen LogP contribution in [0.2, 0.25) is 5.02 Å². The van der Waals surface area contributed by atoms with Crippen molar-refractivity contribution in [2.24, 2.45) is 0 Å². The predicted octanol–water partition coefficient (Wildman–Crippen LogP) is 2.40. The van der Waals surface area contributed by atoms with Gasteiger partial charge in [-0.3, -0.25) is 14.8 Å². The van der Waals surface area contributed by atoms with E-state index in [9.17, 15) is 9.90 Å². The molecular formula is C12H10ClN3O2. The first-order chi connectivity index (χ1) is 8.58. The number of nitrogens with one attached hydrogen (secondary N) is 1. The number of anilines is 1. The van der Waals surface area contributed by atoms with Crippen LogP contribution in [-0.4, -0.2) is 21.0 Å². The molecule has 0 saturated heterocycles. The first kappa shape index (κ1) is 12.3. The van der Waals surface area contributed by atoms with E-state index in [1.165, 1.54) is 18.5 Å². The molecule has 2 heterocycles. The fraction of sp³-hybridized carbons (Fsp3) is 0.0833. The Morgan fingerprint density at radius 2 is 2.22 bits per heavy atom. The Hall–Kier alpha value is -2.14. The van der Waals surface area contributed by atoms with Gasteiger partial charge in [0, 0.05) is 12.4 Å². The fourth-order valence-electron chi connectivity index (χ4n) is 1.39. The minimum atomic E-state index is -0.397. The Kier molecular flexibility index (Phi) is 3.43. The van der Waals surface area contributed by atoms with Gasteiger partial charge in [-0.1, -0.05) is 11.6 Å². The molecule has 92 valence electrons.